The quantitative estimate of drug-likeness (QED) is 0.534. The number of thiazole rings is 1. The number of nitrogens with one attached hydrogen (secondary N) is 2. The number of hydrogen-bond donors (Lipinski definition) is 2. The van der Waals surface area contributed by atoms with Crippen molar-refractivity contribution in [2.75, 3.05) is 6.54 Å². The van der Waals surface area contributed by atoms with E-state index in [-0.39, 0.29) is 0 Å². The smallest absolute Gasteiger partial charge is 0.213 e. The fourth-order valence-corrected chi connectivity index (χ4v) is 3.86. The number of guanidine groups is 1. The molecule has 27 heavy (non-hydrogen) atoms. The predicted molar refractivity (Wildman–Crippen MR) is 110 cm³/mol. The van der Waals surface area contributed by atoms with E-state index in [1.54, 1.807) is 17.5 Å². The van der Waals surface area contributed by atoms with E-state index < -0.39 is 0 Å². The molecule has 2 aromatic heterocycles. The van der Waals surface area contributed by atoms with Gasteiger partial charge in [0.25, 0.3) is 0 Å². The first-order valence-corrected chi connectivity index (χ1v) is 10.7. The highest BCUT2D eigenvalue weighted by molar-refractivity contribution is 7.11. The van der Waals surface area contributed by atoms with Crippen LogP contribution in [0.5, 0.6) is 5.88 Å². The summed E-state index contributed by atoms with van der Waals surface area (Å²) in [6.07, 6.45) is 9.88. The molecule has 1 saturated carbocycles. The summed E-state index contributed by atoms with van der Waals surface area (Å²) in [7, 11) is 0. The summed E-state index contributed by atoms with van der Waals surface area (Å²) in [5.41, 5.74) is 1.10. The van der Waals surface area contributed by atoms with Crippen molar-refractivity contribution in [3.05, 3.63) is 40.0 Å². The van der Waals surface area contributed by atoms with Gasteiger partial charge in [-0.25, -0.2) is 15.0 Å². The number of aryl methyl sites for hydroxylation is 1. The van der Waals surface area contributed by atoms with Gasteiger partial charge in [0.2, 0.25) is 5.88 Å². The van der Waals surface area contributed by atoms with Crippen molar-refractivity contribution >= 4 is 17.3 Å². The lowest BCUT2D eigenvalue weighted by atomic mass is 10.2. The third-order valence-electron chi connectivity index (χ3n) is 4.51. The van der Waals surface area contributed by atoms with Crippen molar-refractivity contribution in [2.24, 2.45) is 4.99 Å². The van der Waals surface area contributed by atoms with Crippen LogP contribution < -0.4 is 15.4 Å². The number of hydrogen-bond acceptors (Lipinski definition) is 5. The van der Waals surface area contributed by atoms with Gasteiger partial charge in [-0.1, -0.05) is 6.92 Å². The average Bonchev–Trinajstić information content (AvgIpc) is 3.36. The number of rotatable bonds is 8. The summed E-state index contributed by atoms with van der Waals surface area (Å²) < 4.78 is 5.99. The lowest BCUT2D eigenvalue weighted by molar-refractivity contribution is 0.201. The maximum atomic E-state index is 5.99. The van der Waals surface area contributed by atoms with Gasteiger partial charge >= 0.3 is 0 Å². The van der Waals surface area contributed by atoms with Crippen LogP contribution in [-0.2, 0) is 19.5 Å². The summed E-state index contributed by atoms with van der Waals surface area (Å²) in [6.45, 7) is 6.29. The summed E-state index contributed by atoms with van der Waals surface area (Å²) >= 11 is 1.74. The topological polar surface area (TPSA) is 71.4 Å². The molecular weight excluding hydrogens is 358 g/mol. The Labute approximate surface area is 165 Å². The molecule has 6 nitrogen and oxygen atoms in total. The second kappa shape index (κ2) is 10.3. The molecule has 0 amide bonds. The van der Waals surface area contributed by atoms with Crippen LogP contribution in [-0.4, -0.2) is 28.6 Å². The van der Waals surface area contributed by atoms with Crippen LogP contribution in [0.4, 0.5) is 0 Å². The Morgan fingerprint density at radius 1 is 1.26 bits per heavy atom. The van der Waals surface area contributed by atoms with Gasteiger partial charge in [-0.2, -0.15) is 0 Å². The second-order valence-corrected chi connectivity index (χ2v) is 7.85. The van der Waals surface area contributed by atoms with E-state index >= 15 is 0 Å². The summed E-state index contributed by atoms with van der Waals surface area (Å²) in [5, 5.41) is 7.72. The molecule has 0 saturated heterocycles. The van der Waals surface area contributed by atoms with Crippen LogP contribution in [0.3, 0.4) is 0 Å². The molecule has 0 atom stereocenters. The minimum atomic E-state index is 0.321. The zero-order valence-electron chi connectivity index (χ0n) is 16.2. The van der Waals surface area contributed by atoms with Crippen LogP contribution in [0.15, 0.2) is 29.5 Å². The van der Waals surface area contributed by atoms with Crippen molar-refractivity contribution in [3.63, 3.8) is 0 Å². The Morgan fingerprint density at radius 3 is 2.85 bits per heavy atom. The van der Waals surface area contributed by atoms with Gasteiger partial charge < -0.3 is 15.4 Å². The molecule has 0 bridgehead atoms. The molecule has 3 rings (SSSR count). The van der Waals surface area contributed by atoms with Crippen LogP contribution >= 0.6 is 11.3 Å². The third-order valence-corrected chi connectivity index (χ3v) is 5.65. The van der Waals surface area contributed by atoms with Crippen LogP contribution in [0.25, 0.3) is 0 Å². The molecule has 1 aliphatic carbocycles. The molecule has 146 valence electrons. The molecule has 1 fully saturated rings. The minimum Gasteiger partial charge on any atom is -0.474 e. The molecule has 0 spiro atoms. The van der Waals surface area contributed by atoms with Gasteiger partial charge in [0.1, 0.15) is 11.1 Å². The molecule has 2 N–H and O–H groups in total. The van der Waals surface area contributed by atoms with Crippen molar-refractivity contribution in [2.45, 2.75) is 65.1 Å². The Hall–Kier alpha value is -2.15. The Kier molecular flexibility index (Phi) is 7.45. The van der Waals surface area contributed by atoms with Gasteiger partial charge in [-0.05, 0) is 50.7 Å². The average molecular weight is 388 g/mol. The Morgan fingerprint density at radius 2 is 2.11 bits per heavy atom. The maximum Gasteiger partial charge on any atom is 0.213 e. The number of aromatic nitrogens is 2. The van der Waals surface area contributed by atoms with Crippen molar-refractivity contribution in [3.8, 4) is 5.88 Å². The van der Waals surface area contributed by atoms with Crippen molar-refractivity contribution < 1.29 is 4.74 Å². The van der Waals surface area contributed by atoms with Gasteiger partial charge in [-0.3, -0.25) is 0 Å². The fraction of sp³-hybridized carbons (Fsp3) is 0.550. The number of pyridine rings is 1. The largest absolute Gasteiger partial charge is 0.474 e. The fourth-order valence-electron chi connectivity index (χ4n) is 3.05. The molecule has 0 aromatic carbocycles. The molecule has 1 aliphatic rings. The number of aliphatic imine (C=N–C) groups is 1. The molecule has 2 heterocycles. The third kappa shape index (κ3) is 6.20. The van der Waals surface area contributed by atoms with Crippen LogP contribution in [0.1, 0.15) is 55.0 Å². The SMILES string of the molecule is CCNC(=NCc1ccnc(OC2CCCC2)c1)NCc1ncc(CC)s1. The molecule has 0 radical (unpaired) electrons. The molecular formula is C20H29N5OS. The van der Waals surface area contributed by atoms with Crippen molar-refractivity contribution in [1.29, 1.82) is 0 Å². The Balaban J connectivity index is 1.56. The van der Waals surface area contributed by atoms with Crippen molar-refractivity contribution in [1.82, 2.24) is 20.6 Å². The van der Waals surface area contributed by atoms with E-state index in [0.29, 0.717) is 25.1 Å². The summed E-state index contributed by atoms with van der Waals surface area (Å²) in [4.78, 5) is 14.8. The van der Waals surface area contributed by atoms with E-state index in [0.717, 1.165) is 42.3 Å². The molecule has 0 unspecified atom stereocenters. The highest BCUT2D eigenvalue weighted by Gasteiger charge is 2.17. The zero-order valence-corrected chi connectivity index (χ0v) is 17.0. The van der Waals surface area contributed by atoms with E-state index in [4.69, 9.17) is 4.74 Å². The summed E-state index contributed by atoms with van der Waals surface area (Å²) in [5.74, 6) is 1.50. The first kappa shape index (κ1) is 19.6. The van der Waals surface area contributed by atoms with E-state index in [9.17, 15) is 0 Å². The molecule has 0 aliphatic heterocycles. The molecule has 7 heteroatoms. The van der Waals surface area contributed by atoms with Crippen LogP contribution in [0, 0.1) is 0 Å². The first-order chi connectivity index (χ1) is 13.3. The maximum absolute atomic E-state index is 5.99. The van der Waals surface area contributed by atoms with E-state index in [2.05, 4.69) is 39.4 Å². The lowest BCUT2D eigenvalue weighted by Crippen LogP contribution is -2.36. The van der Waals surface area contributed by atoms with Gasteiger partial charge in [-0.15, -0.1) is 11.3 Å². The normalized spacial score (nSPS) is 15.1. The first-order valence-electron chi connectivity index (χ1n) is 9.84. The molecule has 2 aromatic rings. The number of ether oxygens (including phenoxy) is 1. The second-order valence-electron chi connectivity index (χ2n) is 6.65. The van der Waals surface area contributed by atoms with Crippen LogP contribution in [0.2, 0.25) is 0 Å². The van der Waals surface area contributed by atoms with E-state index in [1.165, 1.54) is 17.7 Å². The monoisotopic (exact) mass is 387 g/mol. The Bertz CT molecular complexity index is 739. The van der Waals surface area contributed by atoms with Gasteiger partial charge in [0, 0.05) is 29.9 Å². The van der Waals surface area contributed by atoms with Gasteiger partial charge in [0.15, 0.2) is 5.96 Å². The summed E-state index contributed by atoms with van der Waals surface area (Å²) in [6, 6.07) is 3.99. The van der Waals surface area contributed by atoms with E-state index in [1.807, 2.05) is 18.3 Å². The lowest BCUT2D eigenvalue weighted by Gasteiger charge is -2.13. The highest BCUT2D eigenvalue weighted by Crippen LogP contribution is 2.23. The predicted octanol–water partition coefficient (Wildman–Crippen LogP) is 3.68. The highest BCUT2D eigenvalue weighted by atomic mass is 32.1. The minimum absolute atomic E-state index is 0.321. The number of nitrogens with zero attached hydrogens (tertiary/aromatic N) is 3. The van der Waals surface area contributed by atoms with Gasteiger partial charge in [0.05, 0.1) is 13.1 Å². The standard InChI is InChI=1S/C20H29N5OS/c1-3-17-13-23-19(27-17)14-25-20(21-4-2)24-12-15-9-10-22-18(11-15)26-16-7-5-6-8-16/h9-11,13,16H,3-8,12,14H2,1-2H3,(H2,21,24,25). The zero-order chi connectivity index (χ0) is 18.9.